The highest BCUT2D eigenvalue weighted by molar-refractivity contribution is 5.36. The Hall–Kier alpha value is -2.38. The first kappa shape index (κ1) is 13.1. The number of pyridine rings is 2. The second-order valence-corrected chi connectivity index (χ2v) is 4.03. The average Bonchev–Trinajstić information content (AvgIpc) is 2.43. The van der Waals surface area contributed by atoms with Gasteiger partial charge in [0.15, 0.2) is 0 Å². The van der Waals surface area contributed by atoms with Crippen molar-refractivity contribution in [3.8, 4) is 17.6 Å². The molecule has 0 fully saturated rings. The van der Waals surface area contributed by atoms with Gasteiger partial charge in [0.2, 0.25) is 0 Å². The Labute approximate surface area is 112 Å². The molecule has 0 amide bonds. The molecule has 2 rings (SSSR count). The summed E-state index contributed by atoms with van der Waals surface area (Å²) < 4.78 is 5.63. The van der Waals surface area contributed by atoms with E-state index in [1.165, 1.54) is 0 Å². The predicted octanol–water partition coefficient (Wildman–Crippen LogP) is 1.71. The molecule has 4 nitrogen and oxygen atoms in total. The van der Waals surface area contributed by atoms with Gasteiger partial charge in [0, 0.05) is 29.7 Å². The highest BCUT2D eigenvalue weighted by Crippen LogP contribution is 2.13. The number of aryl methyl sites for hydroxylation is 1. The minimum Gasteiger partial charge on any atom is -0.487 e. The first-order valence-corrected chi connectivity index (χ1v) is 5.86. The summed E-state index contributed by atoms with van der Waals surface area (Å²) in [5.41, 5.74) is 2.82. The maximum absolute atomic E-state index is 8.64. The fraction of sp³-hybridized carbons (Fsp3) is 0.200. The van der Waals surface area contributed by atoms with E-state index in [1.54, 1.807) is 30.9 Å². The minimum atomic E-state index is -0.167. The van der Waals surface area contributed by atoms with E-state index in [-0.39, 0.29) is 6.61 Å². The topological polar surface area (TPSA) is 55.2 Å². The van der Waals surface area contributed by atoms with Crippen molar-refractivity contribution in [3.63, 3.8) is 0 Å². The van der Waals surface area contributed by atoms with Crippen LogP contribution < -0.4 is 4.74 Å². The molecular formula is C15H14N2O2. The average molecular weight is 254 g/mol. The van der Waals surface area contributed by atoms with Crippen LogP contribution >= 0.6 is 0 Å². The van der Waals surface area contributed by atoms with Crippen LogP contribution in [-0.4, -0.2) is 21.7 Å². The lowest BCUT2D eigenvalue weighted by Crippen LogP contribution is -1.97. The Kier molecular flexibility index (Phi) is 4.49. The van der Waals surface area contributed by atoms with Crippen molar-refractivity contribution in [2.45, 2.75) is 13.5 Å². The van der Waals surface area contributed by atoms with Gasteiger partial charge in [0.05, 0.1) is 6.20 Å². The molecule has 0 saturated heterocycles. The number of hydrogen-bond donors (Lipinski definition) is 1. The van der Waals surface area contributed by atoms with Crippen molar-refractivity contribution < 1.29 is 9.84 Å². The molecule has 19 heavy (non-hydrogen) atoms. The van der Waals surface area contributed by atoms with Crippen LogP contribution in [0.4, 0.5) is 0 Å². The van der Waals surface area contributed by atoms with Crippen molar-refractivity contribution in [2.24, 2.45) is 0 Å². The number of aliphatic hydroxyl groups is 1. The molecule has 0 bridgehead atoms. The zero-order valence-electron chi connectivity index (χ0n) is 10.6. The molecule has 2 heterocycles. The molecule has 2 aromatic rings. The summed E-state index contributed by atoms with van der Waals surface area (Å²) in [6.07, 6.45) is 6.84. The monoisotopic (exact) mass is 254 g/mol. The SMILES string of the molecule is Cc1cncc(COc2cncc(C#CCO)c2)c1. The van der Waals surface area contributed by atoms with E-state index >= 15 is 0 Å². The van der Waals surface area contributed by atoms with E-state index in [0.29, 0.717) is 17.9 Å². The van der Waals surface area contributed by atoms with Gasteiger partial charge in [-0.15, -0.1) is 0 Å². The third-order valence-corrected chi connectivity index (χ3v) is 2.36. The zero-order valence-corrected chi connectivity index (χ0v) is 10.6. The lowest BCUT2D eigenvalue weighted by molar-refractivity contribution is 0.304. The summed E-state index contributed by atoms with van der Waals surface area (Å²) in [6.45, 7) is 2.26. The van der Waals surface area contributed by atoms with E-state index in [1.807, 2.05) is 13.0 Å². The third kappa shape index (κ3) is 4.09. The van der Waals surface area contributed by atoms with Crippen LogP contribution in [0.5, 0.6) is 5.75 Å². The summed E-state index contributed by atoms with van der Waals surface area (Å²) in [5.74, 6) is 6.00. The summed E-state index contributed by atoms with van der Waals surface area (Å²) in [4.78, 5) is 8.15. The fourth-order valence-corrected chi connectivity index (χ4v) is 1.57. The number of ether oxygens (including phenoxy) is 1. The van der Waals surface area contributed by atoms with Crippen molar-refractivity contribution in [2.75, 3.05) is 6.61 Å². The van der Waals surface area contributed by atoms with Gasteiger partial charge in [-0.1, -0.05) is 11.8 Å². The van der Waals surface area contributed by atoms with E-state index < -0.39 is 0 Å². The van der Waals surface area contributed by atoms with Gasteiger partial charge >= 0.3 is 0 Å². The Bertz CT molecular complexity index is 615. The smallest absolute Gasteiger partial charge is 0.139 e. The largest absolute Gasteiger partial charge is 0.487 e. The molecule has 0 unspecified atom stereocenters. The number of hydrogen-bond acceptors (Lipinski definition) is 4. The second-order valence-electron chi connectivity index (χ2n) is 4.03. The zero-order chi connectivity index (χ0) is 13.5. The van der Waals surface area contributed by atoms with Gasteiger partial charge in [0.25, 0.3) is 0 Å². The molecule has 1 N–H and O–H groups in total. The molecule has 0 aliphatic heterocycles. The number of aromatic nitrogens is 2. The lowest BCUT2D eigenvalue weighted by Gasteiger charge is -2.06. The van der Waals surface area contributed by atoms with Crippen molar-refractivity contribution in [1.82, 2.24) is 9.97 Å². The lowest BCUT2D eigenvalue weighted by atomic mass is 10.2. The van der Waals surface area contributed by atoms with E-state index in [2.05, 4.69) is 21.8 Å². The van der Waals surface area contributed by atoms with Gasteiger partial charge in [-0.3, -0.25) is 9.97 Å². The Morgan fingerprint density at radius 1 is 1.16 bits per heavy atom. The molecule has 0 saturated carbocycles. The van der Waals surface area contributed by atoms with Crippen molar-refractivity contribution in [3.05, 3.63) is 53.6 Å². The fourth-order valence-electron chi connectivity index (χ4n) is 1.57. The molecule has 0 aromatic carbocycles. The molecule has 0 atom stereocenters. The maximum Gasteiger partial charge on any atom is 0.139 e. The summed E-state index contributed by atoms with van der Waals surface area (Å²) in [5, 5.41) is 8.64. The highest BCUT2D eigenvalue weighted by Gasteiger charge is 1.98. The molecule has 2 aromatic heterocycles. The third-order valence-electron chi connectivity index (χ3n) is 2.36. The van der Waals surface area contributed by atoms with E-state index in [4.69, 9.17) is 9.84 Å². The molecular weight excluding hydrogens is 240 g/mol. The van der Waals surface area contributed by atoms with E-state index in [9.17, 15) is 0 Å². The molecule has 0 aliphatic carbocycles. The van der Waals surface area contributed by atoms with Gasteiger partial charge in [-0.2, -0.15) is 0 Å². The van der Waals surface area contributed by atoms with Gasteiger partial charge in [-0.05, 0) is 24.6 Å². The normalized spacial score (nSPS) is 9.58. The van der Waals surface area contributed by atoms with Crippen molar-refractivity contribution in [1.29, 1.82) is 0 Å². The van der Waals surface area contributed by atoms with Crippen LogP contribution in [-0.2, 0) is 6.61 Å². The van der Waals surface area contributed by atoms with Gasteiger partial charge < -0.3 is 9.84 Å². The van der Waals surface area contributed by atoms with Crippen LogP contribution in [0.1, 0.15) is 16.7 Å². The van der Waals surface area contributed by atoms with E-state index in [0.717, 1.165) is 11.1 Å². The molecule has 0 radical (unpaired) electrons. The van der Waals surface area contributed by atoms with Crippen LogP contribution in [0.2, 0.25) is 0 Å². The first-order chi connectivity index (χ1) is 9.28. The Morgan fingerprint density at radius 3 is 2.79 bits per heavy atom. The molecule has 4 heteroatoms. The van der Waals surface area contributed by atoms with Gasteiger partial charge in [-0.25, -0.2) is 0 Å². The number of nitrogens with zero attached hydrogens (tertiary/aromatic N) is 2. The predicted molar refractivity (Wildman–Crippen MR) is 71.5 cm³/mol. The summed E-state index contributed by atoms with van der Waals surface area (Å²) >= 11 is 0. The molecule has 0 spiro atoms. The van der Waals surface area contributed by atoms with Crippen LogP contribution in [0.15, 0.2) is 36.9 Å². The van der Waals surface area contributed by atoms with Crippen molar-refractivity contribution >= 4 is 0 Å². The number of aliphatic hydroxyl groups excluding tert-OH is 1. The Balaban J connectivity index is 2.03. The van der Waals surface area contributed by atoms with Crippen LogP contribution in [0.25, 0.3) is 0 Å². The molecule has 0 aliphatic rings. The molecule has 96 valence electrons. The second kappa shape index (κ2) is 6.53. The summed E-state index contributed by atoms with van der Waals surface area (Å²) in [6, 6.07) is 3.81. The first-order valence-electron chi connectivity index (χ1n) is 5.86. The maximum atomic E-state index is 8.64. The standard InChI is InChI=1S/C15H14N2O2/c1-12-5-14(9-16-7-12)11-19-15-6-13(3-2-4-18)8-17-10-15/h5-10,18H,4,11H2,1H3. The van der Waals surface area contributed by atoms with Gasteiger partial charge in [0.1, 0.15) is 19.0 Å². The highest BCUT2D eigenvalue weighted by atomic mass is 16.5. The summed E-state index contributed by atoms with van der Waals surface area (Å²) in [7, 11) is 0. The van der Waals surface area contributed by atoms with Crippen LogP contribution in [0, 0.1) is 18.8 Å². The Morgan fingerprint density at radius 2 is 2.00 bits per heavy atom. The number of rotatable bonds is 3. The van der Waals surface area contributed by atoms with Crippen LogP contribution in [0.3, 0.4) is 0 Å². The quantitative estimate of drug-likeness (QED) is 0.847. The minimum absolute atomic E-state index is 0.167.